The van der Waals surface area contributed by atoms with Crippen LogP contribution in [-0.4, -0.2) is 89.2 Å². The minimum atomic E-state index is -1.91. The number of carboxylic acid groups (broad SMARTS) is 1. The van der Waals surface area contributed by atoms with Crippen LogP contribution in [0.3, 0.4) is 0 Å². The maximum Gasteiger partial charge on any atom is 0.335 e. The molecule has 79 heavy (non-hydrogen) atoms. The van der Waals surface area contributed by atoms with Crippen LogP contribution in [0.15, 0.2) is 60.8 Å². The first-order valence-corrected chi connectivity index (χ1v) is 32.3. The Morgan fingerprint density at radius 2 is 0.797 bits per heavy atom. The lowest BCUT2D eigenvalue weighted by molar-refractivity contribution is -0.301. The number of carbonyl (C=O) groups excluding carboxylic acids is 3. The second kappa shape index (κ2) is 55.0. The molecule has 0 aromatic rings. The van der Waals surface area contributed by atoms with Gasteiger partial charge in [-0.2, -0.15) is 0 Å². The van der Waals surface area contributed by atoms with E-state index in [9.17, 15) is 34.5 Å². The summed E-state index contributed by atoms with van der Waals surface area (Å²) in [6.45, 7) is 5.87. The summed E-state index contributed by atoms with van der Waals surface area (Å²) in [5.74, 6) is -3.14. The standard InChI is InChI=1S/C67H116O12/c1-4-7-10-13-16-19-22-25-27-29-30-32-34-37-40-43-46-49-52-55-61(70)78-65-63(72)62(71)64(66(73)74)79-67(65)76-57-58(77-60(69)54-51-48-45-42-39-35-24-21-18-15-12-9-6-3)56-75-59(68)53-50-47-44-41-38-36-33-31-28-26-23-20-17-14-11-8-5-2/h9,12,16,18-19,21,25,27,35,39,58,62-65,67,71-72H,4-8,10-11,13-15,17,20,22-24,26,28-34,36-38,40-57H2,1-3H3,(H,73,74)/b12-9-,19-16-,21-18-,27-25-,39-35-. The van der Waals surface area contributed by atoms with Gasteiger partial charge in [0, 0.05) is 19.3 Å². The van der Waals surface area contributed by atoms with Gasteiger partial charge in [0.25, 0.3) is 0 Å². The molecule has 1 heterocycles. The van der Waals surface area contributed by atoms with Crippen molar-refractivity contribution in [3.05, 3.63) is 60.8 Å². The molecule has 0 amide bonds. The molecule has 3 N–H and O–H groups in total. The molecule has 12 heteroatoms. The number of ether oxygens (including phenoxy) is 5. The molecule has 0 saturated carbocycles. The van der Waals surface area contributed by atoms with E-state index >= 15 is 0 Å². The number of rotatable bonds is 55. The molecule has 0 aliphatic carbocycles. The molecule has 1 saturated heterocycles. The minimum absolute atomic E-state index is 0.0526. The van der Waals surface area contributed by atoms with Crippen molar-refractivity contribution < 1.29 is 58.2 Å². The monoisotopic (exact) mass is 1110 g/mol. The number of allylic oxidation sites excluding steroid dienone is 10. The van der Waals surface area contributed by atoms with Crippen molar-refractivity contribution in [2.75, 3.05) is 13.2 Å². The molecule has 0 aromatic heterocycles. The average molecular weight is 1110 g/mol. The average Bonchev–Trinajstić information content (AvgIpc) is 3.43. The summed E-state index contributed by atoms with van der Waals surface area (Å²) in [6.07, 6.45) is 56.1. The fraction of sp³-hybridized carbons (Fsp3) is 0.791. The highest BCUT2D eigenvalue weighted by molar-refractivity contribution is 5.74. The van der Waals surface area contributed by atoms with Gasteiger partial charge in [-0.05, 0) is 83.5 Å². The van der Waals surface area contributed by atoms with Gasteiger partial charge in [-0.1, -0.05) is 248 Å². The zero-order chi connectivity index (χ0) is 57.5. The third-order valence-electron chi connectivity index (χ3n) is 14.6. The van der Waals surface area contributed by atoms with Gasteiger partial charge < -0.3 is 39.0 Å². The summed E-state index contributed by atoms with van der Waals surface area (Å²) in [5, 5.41) is 31.6. The second-order valence-corrected chi connectivity index (χ2v) is 22.0. The molecule has 0 radical (unpaired) electrons. The molecule has 6 unspecified atom stereocenters. The lowest BCUT2D eigenvalue weighted by Crippen LogP contribution is -2.61. The van der Waals surface area contributed by atoms with Crippen molar-refractivity contribution in [3.8, 4) is 0 Å². The molecule has 0 spiro atoms. The van der Waals surface area contributed by atoms with Crippen molar-refractivity contribution in [2.24, 2.45) is 0 Å². The SMILES string of the molecule is CC/C=C\C/C=C\C/C=C\CCCCCC(=O)OC(COC(=O)CCCCCCCCCCCCCCCCCCC)COC1OC(C(=O)O)C(O)C(O)C1OC(=O)CCCCCCCCCCC/C=C\C/C=C\CCCCC. The van der Waals surface area contributed by atoms with Crippen molar-refractivity contribution in [1.29, 1.82) is 0 Å². The molecule has 1 aliphatic rings. The molecule has 0 bridgehead atoms. The molecular weight excluding hydrogens is 997 g/mol. The molecule has 1 rings (SSSR count). The van der Waals surface area contributed by atoms with Crippen LogP contribution in [0.25, 0.3) is 0 Å². The highest BCUT2D eigenvalue weighted by atomic mass is 16.7. The number of hydrogen-bond acceptors (Lipinski definition) is 11. The maximum atomic E-state index is 13.2. The van der Waals surface area contributed by atoms with Crippen molar-refractivity contribution >= 4 is 23.9 Å². The van der Waals surface area contributed by atoms with Crippen LogP contribution < -0.4 is 0 Å². The van der Waals surface area contributed by atoms with Gasteiger partial charge in [0.2, 0.25) is 0 Å². The Bertz CT molecular complexity index is 1600. The predicted octanol–water partition coefficient (Wildman–Crippen LogP) is 17.1. The fourth-order valence-electron chi connectivity index (χ4n) is 9.65. The van der Waals surface area contributed by atoms with E-state index in [2.05, 4.69) is 81.5 Å². The van der Waals surface area contributed by atoms with Crippen LogP contribution in [0.1, 0.15) is 290 Å². The second-order valence-electron chi connectivity index (χ2n) is 22.0. The quantitative estimate of drug-likeness (QED) is 0.0228. The molecule has 12 nitrogen and oxygen atoms in total. The van der Waals surface area contributed by atoms with E-state index in [0.717, 1.165) is 96.3 Å². The predicted molar refractivity (Wildman–Crippen MR) is 322 cm³/mol. The first kappa shape index (κ1) is 73.4. The Morgan fingerprint density at radius 3 is 1.25 bits per heavy atom. The number of carbonyl (C=O) groups is 4. The smallest absolute Gasteiger partial charge is 0.335 e. The number of hydrogen-bond donors (Lipinski definition) is 3. The highest BCUT2D eigenvalue weighted by Crippen LogP contribution is 2.27. The topological polar surface area (TPSA) is 175 Å². The highest BCUT2D eigenvalue weighted by Gasteiger charge is 2.50. The van der Waals surface area contributed by atoms with Crippen molar-refractivity contribution in [3.63, 3.8) is 0 Å². The molecule has 1 fully saturated rings. The zero-order valence-corrected chi connectivity index (χ0v) is 50.4. The summed E-state index contributed by atoms with van der Waals surface area (Å²) in [4.78, 5) is 51.3. The van der Waals surface area contributed by atoms with Gasteiger partial charge in [-0.25, -0.2) is 4.79 Å². The van der Waals surface area contributed by atoms with Gasteiger partial charge in [0.1, 0.15) is 18.8 Å². The van der Waals surface area contributed by atoms with E-state index in [1.807, 2.05) is 0 Å². The van der Waals surface area contributed by atoms with Crippen LogP contribution in [0, 0.1) is 0 Å². The lowest BCUT2D eigenvalue weighted by atomic mass is 9.98. The largest absolute Gasteiger partial charge is 0.479 e. The first-order valence-electron chi connectivity index (χ1n) is 32.3. The van der Waals surface area contributed by atoms with Gasteiger partial charge >= 0.3 is 23.9 Å². The fourth-order valence-corrected chi connectivity index (χ4v) is 9.65. The van der Waals surface area contributed by atoms with E-state index < -0.39 is 67.3 Å². The molecule has 456 valence electrons. The van der Waals surface area contributed by atoms with Gasteiger partial charge in [-0.15, -0.1) is 0 Å². The number of aliphatic hydroxyl groups is 2. The Morgan fingerprint density at radius 1 is 0.430 bits per heavy atom. The van der Waals surface area contributed by atoms with Crippen molar-refractivity contribution in [1.82, 2.24) is 0 Å². The number of carboxylic acids is 1. The molecule has 0 aromatic carbocycles. The van der Waals surface area contributed by atoms with Gasteiger partial charge in [0.15, 0.2) is 24.6 Å². The Balaban J connectivity index is 2.64. The van der Waals surface area contributed by atoms with Crippen LogP contribution in [-0.2, 0) is 42.9 Å². The summed E-state index contributed by atoms with van der Waals surface area (Å²) in [6, 6.07) is 0. The minimum Gasteiger partial charge on any atom is -0.479 e. The van der Waals surface area contributed by atoms with E-state index in [1.165, 1.54) is 135 Å². The Hall–Kier alpha value is -3.58. The van der Waals surface area contributed by atoms with E-state index in [4.69, 9.17) is 23.7 Å². The number of unbranched alkanes of at least 4 members (excludes halogenated alkanes) is 31. The first-order chi connectivity index (χ1) is 38.6. The Labute approximate surface area is 481 Å². The van der Waals surface area contributed by atoms with Crippen molar-refractivity contribution in [2.45, 2.75) is 327 Å². The Kier molecular flexibility index (Phi) is 51.1. The van der Waals surface area contributed by atoms with Gasteiger partial charge in [0.05, 0.1) is 6.61 Å². The summed E-state index contributed by atoms with van der Waals surface area (Å²) >= 11 is 0. The molecule has 1 aliphatic heterocycles. The summed E-state index contributed by atoms with van der Waals surface area (Å²) in [7, 11) is 0. The summed E-state index contributed by atoms with van der Waals surface area (Å²) in [5.41, 5.74) is 0. The van der Waals surface area contributed by atoms with Crippen LogP contribution in [0.5, 0.6) is 0 Å². The zero-order valence-electron chi connectivity index (χ0n) is 50.4. The van der Waals surface area contributed by atoms with Gasteiger partial charge in [-0.3, -0.25) is 14.4 Å². The van der Waals surface area contributed by atoms with Crippen LogP contribution in [0.4, 0.5) is 0 Å². The third-order valence-corrected chi connectivity index (χ3v) is 14.6. The number of esters is 3. The lowest BCUT2D eigenvalue weighted by Gasteiger charge is -2.40. The van der Waals surface area contributed by atoms with Crippen LogP contribution >= 0.6 is 0 Å². The number of aliphatic hydroxyl groups excluding tert-OH is 2. The molecule has 6 atom stereocenters. The third kappa shape index (κ3) is 44.7. The molecular formula is C67H116O12. The number of aliphatic carboxylic acids is 1. The normalized spacial score (nSPS) is 18.2. The maximum absolute atomic E-state index is 13.2. The van der Waals surface area contributed by atoms with Crippen LogP contribution in [0.2, 0.25) is 0 Å². The van der Waals surface area contributed by atoms with E-state index in [1.54, 1.807) is 0 Å². The van der Waals surface area contributed by atoms with E-state index in [0.29, 0.717) is 19.3 Å². The summed E-state index contributed by atoms with van der Waals surface area (Å²) < 4.78 is 28.5. The van der Waals surface area contributed by atoms with E-state index in [-0.39, 0.29) is 25.9 Å².